The molecular formula is C14H20N2O3S. The second kappa shape index (κ2) is 5.16. The van der Waals surface area contributed by atoms with Crippen molar-refractivity contribution in [3.05, 3.63) is 15.6 Å². The molecule has 0 aromatic carbocycles. The van der Waals surface area contributed by atoms with Crippen LogP contribution in [0.5, 0.6) is 0 Å². The summed E-state index contributed by atoms with van der Waals surface area (Å²) >= 11 is 1.38. The van der Waals surface area contributed by atoms with Crippen LogP contribution >= 0.6 is 11.3 Å². The number of likely N-dealkylation sites (tertiary alicyclic amines) is 1. The minimum Gasteiger partial charge on any atom is -0.480 e. The Balaban J connectivity index is 2.30. The molecule has 1 amide bonds. The second-order valence-corrected chi connectivity index (χ2v) is 7.18. The number of carboxylic acids is 1. The molecule has 1 saturated heterocycles. The molecule has 1 atom stereocenters. The first-order valence-electron chi connectivity index (χ1n) is 6.73. The quantitative estimate of drug-likeness (QED) is 0.910. The predicted molar refractivity (Wildman–Crippen MR) is 77.2 cm³/mol. The fraction of sp³-hybridized carbons (Fsp3) is 0.643. The molecule has 0 aliphatic carbocycles. The Bertz CT molecular complexity index is 545. The normalized spacial score (nSPS) is 19.4. The van der Waals surface area contributed by atoms with Crippen LogP contribution in [0.15, 0.2) is 0 Å². The van der Waals surface area contributed by atoms with Gasteiger partial charge in [-0.05, 0) is 19.8 Å². The van der Waals surface area contributed by atoms with Gasteiger partial charge < -0.3 is 10.0 Å². The van der Waals surface area contributed by atoms with E-state index in [2.05, 4.69) is 25.8 Å². The monoisotopic (exact) mass is 296 g/mol. The Morgan fingerprint density at radius 3 is 2.55 bits per heavy atom. The first-order chi connectivity index (χ1) is 9.21. The van der Waals surface area contributed by atoms with Crippen molar-refractivity contribution in [1.29, 1.82) is 0 Å². The third kappa shape index (κ3) is 2.70. The molecular weight excluding hydrogens is 276 g/mol. The van der Waals surface area contributed by atoms with E-state index in [4.69, 9.17) is 0 Å². The van der Waals surface area contributed by atoms with Crippen molar-refractivity contribution in [2.24, 2.45) is 0 Å². The first kappa shape index (κ1) is 15.0. The third-order valence-corrected chi connectivity index (χ3v) is 5.00. The number of carboxylic acid groups (broad SMARTS) is 1. The van der Waals surface area contributed by atoms with Crippen molar-refractivity contribution in [2.45, 2.75) is 52.0 Å². The highest BCUT2D eigenvalue weighted by molar-refractivity contribution is 7.14. The van der Waals surface area contributed by atoms with Crippen LogP contribution in [0.2, 0.25) is 0 Å². The van der Waals surface area contributed by atoms with E-state index in [1.807, 2.05) is 6.92 Å². The van der Waals surface area contributed by atoms with Gasteiger partial charge in [0, 0.05) is 12.0 Å². The van der Waals surface area contributed by atoms with E-state index in [1.165, 1.54) is 16.2 Å². The molecule has 6 heteroatoms. The van der Waals surface area contributed by atoms with E-state index >= 15 is 0 Å². The molecule has 1 N–H and O–H groups in total. The highest BCUT2D eigenvalue weighted by Gasteiger charge is 2.36. The summed E-state index contributed by atoms with van der Waals surface area (Å²) in [4.78, 5) is 30.3. The van der Waals surface area contributed by atoms with Gasteiger partial charge in [0.25, 0.3) is 5.91 Å². The maximum atomic E-state index is 12.6. The summed E-state index contributed by atoms with van der Waals surface area (Å²) in [7, 11) is 0. The molecule has 1 aliphatic heterocycles. The molecule has 1 aromatic heterocycles. The highest BCUT2D eigenvalue weighted by Crippen LogP contribution is 2.31. The van der Waals surface area contributed by atoms with Crippen LogP contribution in [0.1, 0.15) is 54.0 Å². The van der Waals surface area contributed by atoms with Crippen LogP contribution in [-0.2, 0) is 10.2 Å². The standard InChI is InChI=1S/C14H20N2O3S/c1-8-10(20-13(15-8)14(2,3)4)11(17)16-7-5-6-9(16)12(18)19/h9H,5-7H2,1-4H3,(H,18,19)/t9-/m1/s1. The van der Waals surface area contributed by atoms with Crippen LogP contribution in [0.4, 0.5) is 0 Å². The average molecular weight is 296 g/mol. The maximum Gasteiger partial charge on any atom is 0.326 e. The zero-order valence-electron chi connectivity index (χ0n) is 12.3. The molecule has 1 aliphatic rings. The van der Waals surface area contributed by atoms with E-state index in [-0.39, 0.29) is 11.3 Å². The minimum absolute atomic E-state index is 0.106. The van der Waals surface area contributed by atoms with Crippen molar-refractivity contribution in [3.8, 4) is 0 Å². The van der Waals surface area contributed by atoms with Crippen LogP contribution in [0.25, 0.3) is 0 Å². The lowest BCUT2D eigenvalue weighted by Gasteiger charge is -2.20. The second-order valence-electron chi connectivity index (χ2n) is 6.18. The number of aromatic nitrogens is 1. The lowest BCUT2D eigenvalue weighted by Crippen LogP contribution is -2.40. The first-order valence-corrected chi connectivity index (χ1v) is 7.55. The van der Waals surface area contributed by atoms with Crippen molar-refractivity contribution >= 4 is 23.2 Å². The number of carbonyl (C=O) groups excluding carboxylic acids is 1. The Kier molecular flexibility index (Phi) is 3.86. The van der Waals surface area contributed by atoms with Crippen molar-refractivity contribution in [1.82, 2.24) is 9.88 Å². The zero-order chi connectivity index (χ0) is 15.1. The van der Waals surface area contributed by atoms with Crippen molar-refractivity contribution in [2.75, 3.05) is 6.54 Å². The van der Waals surface area contributed by atoms with Gasteiger partial charge in [-0.25, -0.2) is 9.78 Å². The highest BCUT2D eigenvalue weighted by atomic mass is 32.1. The molecule has 0 saturated carbocycles. The molecule has 1 aromatic rings. The maximum absolute atomic E-state index is 12.6. The van der Waals surface area contributed by atoms with E-state index in [1.54, 1.807) is 0 Å². The zero-order valence-corrected chi connectivity index (χ0v) is 13.1. The number of amides is 1. The SMILES string of the molecule is Cc1nc(C(C)(C)C)sc1C(=O)N1CCC[C@@H]1C(=O)O. The minimum atomic E-state index is -0.922. The molecule has 0 radical (unpaired) electrons. The molecule has 1 fully saturated rings. The van der Waals surface area contributed by atoms with E-state index in [0.29, 0.717) is 23.5 Å². The Morgan fingerprint density at radius 2 is 2.05 bits per heavy atom. The largest absolute Gasteiger partial charge is 0.480 e. The summed E-state index contributed by atoms with van der Waals surface area (Å²) < 4.78 is 0. The van der Waals surface area contributed by atoms with Gasteiger partial charge in [0.2, 0.25) is 0 Å². The van der Waals surface area contributed by atoms with E-state index < -0.39 is 12.0 Å². The van der Waals surface area contributed by atoms with Gasteiger partial charge in [0.1, 0.15) is 10.9 Å². The number of aryl methyl sites for hydroxylation is 1. The summed E-state index contributed by atoms with van der Waals surface area (Å²) in [5.74, 6) is -1.12. The fourth-order valence-electron chi connectivity index (χ4n) is 2.31. The van der Waals surface area contributed by atoms with Crippen LogP contribution in [0, 0.1) is 6.92 Å². The van der Waals surface area contributed by atoms with Gasteiger partial charge in [0.05, 0.1) is 10.7 Å². The van der Waals surface area contributed by atoms with Crippen LogP contribution in [-0.4, -0.2) is 39.5 Å². The van der Waals surface area contributed by atoms with Crippen LogP contribution in [0.3, 0.4) is 0 Å². The molecule has 0 bridgehead atoms. The summed E-state index contributed by atoms with van der Waals surface area (Å²) in [5, 5.41) is 10.1. The number of hydrogen-bond acceptors (Lipinski definition) is 4. The predicted octanol–water partition coefficient (Wildman–Crippen LogP) is 2.44. The summed E-state index contributed by atoms with van der Waals surface area (Å²) in [5.41, 5.74) is 0.589. The van der Waals surface area contributed by atoms with E-state index in [0.717, 1.165) is 11.4 Å². The number of carbonyl (C=O) groups is 2. The van der Waals surface area contributed by atoms with Crippen molar-refractivity contribution < 1.29 is 14.7 Å². The van der Waals surface area contributed by atoms with Gasteiger partial charge in [-0.1, -0.05) is 20.8 Å². The molecule has 20 heavy (non-hydrogen) atoms. The Morgan fingerprint density at radius 1 is 1.40 bits per heavy atom. The van der Waals surface area contributed by atoms with E-state index in [9.17, 15) is 14.7 Å². The average Bonchev–Trinajstić information content (AvgIpc) is 2.92. The summed E-state index contributed by atoms with van der Waals surface area (Å²) in [6, 6.07) is -0.693. The Labute approximate surface area is 122 Å². The number of hydrogen-bond donors (Lipinski definition) is 1. The summed E-state index contributed by atoms with van der Waals surface area (Å²) in [6.45, 7) is 8.48. The molecule has 2 rings (SSSR count). The Hall–Kier alpha value is -1.43. The third-order valence-electron chi connectivity index (χ3n) is 3.43. The molecule has 0 unspecified atom stereocenters. The smallest absolute Gasteiger partial charge is 0.326 e. The van der Waals surface area contributed by atoms with Gasteiger partial charge >= 0.3 is 5.97 Å². The fourth-order valence-corrected chi connectivity index (χ4v) is 3.39. The number of rotatable bonds is 2. The molecule has 2 heterocycles. The topological polar surface area (TPSA) is 70.5 Å². The van der Waals surface area contributed by atoms with Gasteiger partial charge in [-0.15, -0.1) is 11.3 Å². The van der Waals surface area contributed by atoms with Gasteiger partial charge in [-0.2, -0.15) is 0 Å². The number of nitrogens with zero attached hydrogens (tertiary/aromatic N) is 2. The van der Waals surface area contributed by atoms with Crippen LogP contribution < -0.4 is 0 Å². The lowest BCUT2D eigenvalue weighted by molar-refractivity contribution is -0.141. The van der Waals surface area contributed by atoms with Gasteiger partial charge in [-0.3, -0.25) is 4.79 Å². The molecule has 5 nitrogen and oxygen atoms in total. The number of thiazole rings is 1. The molecule has 0 spiro atoms. The van der Waals surface area contributed by atoms with Crippen molar-refractivity contribution in [3.63, 3.8) is 0 Å². The number of aliphatic carboxylic acids is 1. The van der Waals surface area contributed by atoms with Gasteiger partial charge in [0.15, 0.2) is 0 Å². The molecule has 110 valence electrons. The lowest BCUT2D eigenvalue weighted by atomic mass is 9.98. The summed E-state index contributed by atoms with van der Waals surface area (Å²) in [6.07, 6.45) is 1.28.